The third-order valence-electron chi connectivity index (χ3n) is 4.24. The molecule has 0 aliphatic carbocycles. The van der Waals surface area contributed by atoms with Crippen molar-refractivity contribution in [1.29, 1.82) is 0 Å². The minimum Gasteiger partial charge on any atom is -0.466 e. The lowest BCUT2D eigenvalue weighted by molar-refractivity contribution is -0.143. The first-order chi connectivity index (χ1) is 15.5. The summed E-state index contributed by atoms with van der Waals surface area (Å²) in [6, 6.07) is 5.23. The lowest BCUT2D eigenvalue weighted by atomic mass is 10.2. The number of carbonyl (C=O) groups excluding carboxylic acids is 3. The molecule has 0 saturated carbocycles. The van der Waals surface area contributed by atoms with E-state index in [4.69, 9.17) is 9.47 Å². The largest absolute Gasteiger partial charge is 0.466 e. The van der Waals surface area contributed by atoms with Crippen molar-refractivity contribution in [2.75, 3.05) is 19.8 Å². The molecule has 1 heterocycles. The number of nitrogens with one attached hydrogen (secondary N) is 1. The Labute approximate surface area is 186 Å². The van der Waals surface area contributed by atoms with Gasteiger partial charge in [0.05, 0.1) is 17.9 Å². The summed E-state index contributed by atoms with van der Waals surface area (Å²) < 4.78 is 49.6. The first-order valence-electron chi connectivity index (χ1n) is 9.91. The molecule has 178 valence electrons. The normalized spacial score (nSPS) is 11.1. The molecule has 33 heavy (non-hydrogen) atoms. The van der Waals surface area contributed by atoms with Gasteiger partial charge in [-0.15, -0.1) is 0 Å². The van der Waals surface area contributed by atoms with E-state index in [0.29, 0.717) is 6.42 Å². The highest BCUT2D eigenvalue weighted by molar-refractivity contribution is 5.89. The number of ether oxygens (including phenoxy) is 2. The Morgan fingerprint density at radius 3 is 2.55 bits per heavy atom. The van der Waals surface area contributed by atoms with Gasteiger partial charge in [0.15, 0.2) is 6.61 Å². The van der Waals surface area contributed by atoms with Crippen molar-refractivity contribution in [3.05, 3.63) is 57.5 Å². The zero-order chi connectivity index (χ0) is 24.6. The molecule has 9 nitrogen and oxygen atoms in total. The second kappa shape index (κ2) is 11.2. The number of hydrogen-bond acceptors (Lipinski definition) is 7. The minimum atomic E-state index is -4.59. The number of aryl methyl sites for hydroxylation is 1. The topological polar surface area (TPSA) is 117 Å². The van der Waals surface area contributed by atoms with Crippen LogP contribution in [-0.2, 0) is 25.2 Å². The fraction of sp³-hybridized carbons (Fsp3) is 0.381. The van der Waals surface area contributed by atoms with Crippen molar-refractivity contribution in [2.45, 2.75) is 32.9 Å². The van der Waals surface area contributed by atoms with Gasteiger partial charge in [-0.1, -0.05) is 6.07 Å². The van der Waals surface area contributed by atoms with Crippen LogP contribution in [-0.4, -0.2) is 47.4 Å². The molecule has 1 N–H and O–H groups in total. The summed E-state index contributed by atoms with van der Waals surface area (Å²) in [4.78, 5) is 47.4. The molecule has 2 aromatic rings. The summed E-state index contributed by atoms with van der Waals surface area (Å²) in [6.45, 7) is 2.79. The molecule has 0 saturated heterocycles. The lowest BCUT2D eigenvalue weighted by Crippen LogP contribution is -2.31. The molecule has 1 amide bonds. The van der Waals surface area contributed by atoms with Crippen LogP contribution in [0.5, 0.6) is 0 Å². The third-order valence-corrected chi connectivity index (χ3v) is 4.24. The van der Waals surface area contributed by atoms with Crippen molar-refractivity contribution in [2.24, 2.45) is 0 Å². The highest BCUT2D eigenvalue weighted by Gasteiger charge is 2.30. The van der Waals surface area contributed by atoms with E-state index in [1.165, 1.54) is 19.1 Å². The van der Waals surface area contributed by atoms with E-state index in [1.807, 2.05) is 0 Å². The maximum Gasteiger partial charge on any atom is 0.416 e. The van der Waals surface area contributed by atoms with Gasteiger partial charge < -0.3 is 14.8 Å². The number of benzene rings is 1. The van der Waals surface area contributed by atoms with Crippen LogP contribution in [0.2, 0.25) is 0 Å². The molecule has 0 bridgehead atoms. The molecule has 0 aliphatic rings. The third kappa shape index (κ3) is 7.44. The maximum atomic E-state index is 13.0. The molecular weight excluding hydrogens is 447 g/mol. The van der Waals surface area contributed by atoms with Crippen molar-refractivity contribution >= 4 is 17.8 Å². The summed E-state index contributed by atoms with van der Waals surface area (Å²) in [5, 5.41) is 6.27. The smallest absolute Gasteiger partial charge is 0.416 e. The molecule has 0 aliphatic heterocycles. The van der Waals surface area contributed by atoms with Crippen molar-refractivity contribution in [3.63, 3.8) is 0 Å². The Kier molecular flexibility index (Phi) is 8.71. The number of amides is 1. The number of esters is 2. The number of nitrogens with zero attached hydrogens (tertiary/aromatic N) is 2. The summed E-state index contributed by atoms with van der Waals surface area (Å²) >= 11 is 0. The Morgan fingerprint density at radius 2 is 1.88 bits per heavy atom. The number of alkyl halides is 3. The molecule has 0 spiro atoms. The summed E-state index contributed by atoms with van der Waals surface area (Å²) in [5.41, 5.74) is -2.25. The van der Waals surface area contributed by atoms with Gasteiger partial charge in [-0.2, -0.15) is 18.3 Å². The summed E-state index contributed by atoms with van der Waals surface area (Å²) in [5.74, 6) is -2.28. The first-order valence-corrected chi connectivity index (χ1v) is 9.91. The van der Waals surface area contributed by atoms with Gasteiger partial charge in [0.25, 0.3) is 5.91 Å². The van der Waals surface area contributed by atoms with E-state index in [2.05, 4.69) is 10.4 Å². The SMILES string of the molecule is CCOC(=O)CCCNC(=O)COC(=O)c1nn(-c2cccc(C(F)(F)F)c2)c(C)cc1=O. The predicted molar refractivity (Wildman–Crippen MR) is 109 cm³/mol. The van der Waals surface area contributed by atoms with Crippen LogP contribution in [0, 0.1) is 6.92 Å². The predicted octanol–water partition coefficient (Wildman–Crippen LogP) is 2.18. The second-order valence-corrected chi connectivity index (χ2v) is 6.79. The van der Waals surface area contributed by atoms with Crippen LogP contribution in [0.1, 0.15) is 41.5 Å². The van der Waals surface area contributed by atoms with E-state index in [1.54, 1.807) is 6.92 Å². The Morgan fingerprint density at radius 1 is 1.15 bits per heavy atom. The monoisotopic (exact) mass is 469 g/mol. The van der Waals surface area contributed by atoms with Crippen LogP contribution in [0.25, 0.3) is 5.69 Å². The van der Waals surface area contributed by atoms with E-state index in [9.17, 15) is 32.3 Å². The van der Waals surface area contributed by atoms with E-state index in [-0.39, 0.29) is 31.0 Å². The lowest BCUT2D eigenvalue weighted by Gasteiger charge is -2.13. The molecule has 0 radical (unpaired) electrons. The standard InChI is InChI=1S/C21H22F3N3O6/c1-3-32-18(30)8-5-9-25-17(29)12-33-20(31)19-16(28)10-13(2)27(26-19)15-7-4-6-14(11-15)21(22,23)24/h4,6-7,10-11H,3,5,8-9,12H2,1-2H3,(H,25,29). The molecule has 1 aromatic carbocycles. The zero-order valence-corrected chi connectivity index (χ0v) is 17.9. The van der Waals surface area contributed by atoms with Gasteiger partial charge in [-0.05, 0) is 38.5 Å². The number of carbonyl (C=O) groups is 3. The summed E-state index contributed by atoms with van der Waals surface area (Å²) in [6.07, 6.45) is -4.16. The van der Waals surface area contributed by atoms with Crippen LogP contribution < -0.4 is 10.7 Å². The maximum absolute atomic E-state index is 13.0. The van der Waals surface area contributed by atoms with Crippen molar-refractivity contribution in [1.82, 2.24) is 15.1 Å². The van der Waals surface area contributed by atoms with Crippen molar-refractivity contribution in [3.8, 4) is 5.69 Å². The highest BCUT2D eigenvalue weighted by Crippen LogP contribution is 2.30. The van der Waals surface area contributed by atoms with Crippen LogP contribution in [0.4, 0.5) is 13.2 Å². The quantitative estimate of drug-likeness (QED) is 0.442. The number of rotatable bonds is 9. The molecule has 2 rings (SSSR count). The second-order valence-electron chi connectivity index (χ2n) is 6.79. The highest BCUT2D eigenvalue weighted by atomic mass is 19.4. The van der Waals surface area contributed by atoms with E-state index < -0.39 is 47.3 Å². The molecule has 0 atom stereocenters. The summed E-state index contributed by atoms with van der Waals surface area (Å²) in [7, 11) is 0. The Hall–Kier alpha value is -3.70. The molecular formula is C21H22F3N3O6. The Balaban J connectivity index is 2.04. The average molecular weight is 469 g/mol. The molecule has 1 aromatic heterocycles. The fourth-order valence-corrected chi connectivity index (χ4v) is 2.71. The van der Waals surface area contributed by atoms with Crippen LogP contribution >= 0.6 is 0 Å². The Bertz CT molecular complexity index is 1080. The van der Waals surface area contributed by atoms with Gasteiger partial charge in [-0.25, -0.2) is 9.48 Å². The van der Waals surface area contributed by atoms with Crippen LogP contribution in [0.3, 0.4) is 0 Å². The zero-order valence-electron chi connectivity index (χ0n) is 17.9. The van der Waals surface area contributed by atoms with Gasteiger partial charge in [-0.3, -0.25) is 14.4 Å². The average Bonchev–Trinajstić information content (AvgIpc) is 2.75. The van der Waals surface area contributed by atoms with E-state index >= 15 is 0 Å². The first kappa shape index (κ1) is 25.6. The molecule has 0 fully saturated rings. The number of hydrogen-bond donors (Lipinski definition) is 1. The van der Waals surface area contributed by atoms with Gasteiger partial charge >= 0.3 is 18.1 Å². The fourth-order valence-electron chi connectivity index (χ4n) is 2.71. The van der Waals surface area contributed by atoms with Crippen molar-refractivity contribution < 1.29 is 37.0 Å². The minimum absolute atomic E-state index is 0.0179. The molecule has 12 heteroatoms. The van der Waals surface area contributed by atoms with Crippen LogP contribution in [0.15, 0.2) is 35.1 Å². The van der Waals surface area contributed by atoms with Gasteiger partial charge in [0.1, 0.15) is 0 Å². The van der Waals surface area contributed by atoms with Gasteiger partial charge in [0, 0.05) is 24.7 Å². The number of halogens is 3. The number of aromatic nitrogens is 2. The van der Waals surface area contributed by atoms with E-state index in [0.717, 1.165) is 22.9 Å². The molecule has 0 unspecified atom stereocenters. The van der Waals surface area contributed by atoms with Gasteiger partial charge in [0.2, 0.25) is 11.1 Å².